The van der Waals surface area contributed by atoms with Crippen LogP contribution < -0.4 is 5.32 Å². The van der Waals surface area contributed by atoms with E-state index in [-0.39, 0.29) is 5.56 Å². The van der Waals surface area contributed by atoms with Gasteiger partial charge in [0.2, 0.25) is 5.95 Å². The van der Waals surface area contributed by atoms with E-state index in [1.165, 1.54) is 18.9 Å². The van der Waals surface area contributed by atoms with Crippen LogP contribution in [0.25, 0.3) is 16.8 Å². The molecule has 2 fully saturated rings. The highest BCUT2D eigenvalue weighted by atomic mass is 19.4. The Balaban J connectivity index is 1.50. The van der Waals surface area contributed by atoms with Crippen LogP contribution in [0.2, 0.25) is 0 Å². The summed E-state index contributed by atoms with van der Waals surface area (Å²) in [6.07, 6.45) is -0.727. The Morgan fingerprint density at radius 1 is 1.10 bits per heavy atom. The Bertz CT molecular complexity index is 1080. The van der Waals surface area contributed by atoms with E-state index in [9.17, 15) is 17.6 Å². The van der Waals surface area contributed by atoms with Gasteiger partial charge in [-0.15, -0.1) is 5.10 Å². The molecule has 1 unspecified atom stereocenters. The van der Waals surface area contributed by atoms with Gasteiger partial charge in [-0.2, -0.15) is 18.2 Å². The van der Waals surface area contributed by atoms with E-state index in [4.69, 9.17) is 0 Å². The monoisotopic (exact) mass is 419 g/mol. The fourth-order valence-electron chi connectivity index (χ4n) is 4.94. The number of fused-ring (bicyclic) bond motifs is 3. The highest BCUT2D eigenvalue weighted by Gasteiger charge is 2.41. The van der Waals surface area contributed by atoms with Gasteiger partial charge >= 0.3 is 6.18 Å². The second-order valence-corrected chi connectivity index (χ2v) is 8.31. The first kappa shape index (κ1) is 19.3. The summed E-state index contributed by atoms with van der Waals surface area (Å²) in [6, 6.07) is 6.65. The van der Waals surface area contributed by atoms with Crippen molar-refractivity contribution in [1.82, 2.24) is 19.5 Å². The lowest BCUT2D eigenvalue weighted by Gasteiger charge is -2.36. The third-order valence-electron chi connectivity index (χ3n) is 6.26. The quantitative estimate of drug-likeness (QED) is 0.643. The molecule has 1 saturated carbocycles. The van der Waals surface area contributed by atoms with Gasteiger partial charge in [-0.1, -0.05) is 6.07 Å². The van der Waals surface area contributed by atoms with E-state index in [1.807, 2.05) is 0 Å². The van der Waals surface area contributed by atoms with Gasteiger partial charge in [0.25, 0.3) is 0 Å². The topological polar surface area (TPSA) is 45.5 Å². The molecule has 1 N–H and O–H groups in total. The van der Waals surface area contributed by atoms with Crippen LogP contribution in [0.4, 0.5) is 23.5 Å². The van der Waals surface area contributed by atoms with Crippen LogP contribution in [0, 0.1) is 17.7 Å². The van der Waals surface area contributed by atoms with Crippen LogP contribution in [-0.2, 0) is 6.18 Å². The molecule has 158 valence electrons. The summed E-state index contributed by atoms with van der Waals surface area (Å²) in [5.74, 6) is 0.240. The van der Waals surface area contributed by atoms with Gasteiger partial charge < -0.3 is 10.2 Å². The van der Waals surface area contributed by atoms with E-state index < -0.39 is 17.6 Å². The molecule has 3 atom stereocenters. The maximum absolute atomic E-state index is 13.7. The molecule has 5 nitrogen and oxygen atoms in total. The van der Waals surface area contributed by atoms with Crippen LogP contribution in [0.3, 0.4) is 0 Å². The number of benzene rings is 1. The smallest absolute Gasteiger partial charge is 0.350 e. The number of piperidine rings is 1. The third kappa shape index (κ3) is 3.30. The average molecular weight is 419 g/mol. The second-order valence-electron chi connectivity index (χ2n) is 8.31. The number of anilines is 1. The number of rotatable bonds is 3. The molecular weight excluding hydrogens is 398 g/mol. The largest absolute Gasteiger partial charge is 0.419 e. The first-order chi connectivity index (χ1) is 14.3. The minimum Gasteiger partial charge on any atom is -0.350 e. The lowest BCUT2D eigenvalue weighted by molar-refractivity contribution is -0.139. The molecule has 3 aromatic rings. The summed E-state index contributed by atoms with van der Waals surface area (Å²) >= 11 is 0. The molecule has 9 heteroatoms. The molecule has 0 amide bonds. The van der Waals surface area contributed by atoms with Gasteiger partial charge in [0, 0.05) is 30.9 Å². The van der Waals surface area contributed by atoms with Crippen molar-refractivity contribution < 1.29 is 17.6 Å². The van der Waals surface area contributed by atoms with E-state index in [0.717, 1.165) is 25.2 Å². The lowest BCUT2D eigenvalue weighted by atomic mass is 9.93. The normalized spacial score (nSPS) is 24.5. The van der Waals surface area contributed by atoms with E-state index >= 15 is 0 Å². The minimum atomic E-state index is -4.76. The fourth-order valence-corrected chi connectivity index (χ4v) is 4.94. The lowest BCUT2D eigenvalue weighted by Crippen LogP contribution is -2.46. The predicted octanol–water partition coefficient (Wildman–Crippen LogP) is 4.31. The Hall–Kier alpha value is -2.68. The first-order valence-electron chi connectivity index (χ1n) is 9.97. The van der Waals surface area contributed by atoms with Crippen LogP contribution in [0.5, 0.6) is 0 Å². The Morgan fingerprint density at radius 3 is 2.53 bits per heavy atom. The number of aromatic nitrogens is 3. The maximum atomic E-state index is 13.7. The summed E-state index contributed by atoms with van der Waals surface area (Å²) in [4.78, 5) is 6.91. The Labute approximate surface area is 170 Å². The van der Waals surface area contributed by atoms with Crippen LogP contribution in [0.15, 0.2) is 36.5 Å². The fraction of sp³-hybridized carbons (Fsp3) is 0.429. The number of hydrogen-bond donors (Lipinski definition) is 1. The number of likely N-dealkylation sites (tertiary alicyclic amines) is 1. The molecule has 1 aromatic carbocycles. The number of pyridine rings is 1. The number of nitrogens with zero attached hydrogens (tertiary/aromatic N) is 4. The molecule has 1 saturated heterocycles. The molecule has 1 aliphatic heterocycles. The van der Waals surface area contributed by atoms with Crippen molar-refractivity contribution in [3.05, 3.63) is 47.9 Å². The molecule has 2 aromatic heterocycles. The molecule has 0 spiro atoms. The molecule has 2 aliphatic rings. The SMILES string of the molecule is CN1C[C@H]2CC[C@@H](C1)C2Nc1nc2c(-c3ccc(F)c(C(F)(F)F)c3)cccn2n1. The standard InChI is InChI=1S/C21H21F4N5/c1-29-10-13-4-5-14(11-29)18(13)26-20-27-19-15(3-2-8-30(19)28-20)12-6-7-17(22)16(9-12)21(23,24)25/h2-3,6-9,13-14,18H,4-5,10-11H2,1H3,(H,26,28)/t13-,14+,18?. The van der Waals surface area contributed by atoms with E-state index in [1.54, 1.807) is 22.8 Å². The van der Waals surface area contributed by atoms with Crippen molar-refractivity contribution in [2.24, 2.45) is 11.8 Å². The number of hydrogen-bond acceptors (Lipinski definition) is 4. The van der Waals surface area contributed by atoms with Crippen LogP contribution in [-0.4, -0.2) is 45.7 Å². The Kier molecular flexibility index (Phi) is 4.46. The second kappa shape index (κ2) is 6.94. The predicted molar refractivity (Wildman–Crippen MR) is 105 cm³/mol. The zero-order valence-electron chi connectivity index (χ0n) is 16.3. The Morgan fingerprint density at radius 2 is 1.83 bits per heavy atom. The number of nitrogens with one attached hydrogen (secondary N) is 1. The summed E-state index contributed by atoms with van der Waals surface area (Å²) in [5.41, 5.74) is -0.148. The average Bonchev–Trinajstić information content (AvgIpc) is 3.19. The molecule has 2 bridgehead atoms. The van der Waals surface area contributed by atoms with Gasteiger partial charge in [-0.05, 0) is 61.6 Å². The highest BCUT2D eigenvalue weighted by Crippen LogP contribution is 2.38. The zero-order chi connectivity index (χ0) is 21.0. The molecule has 30 heavy (non-hydrogen) atoms. The molecule has 3 heterocycles. The number of halogens is 4. The summed E-state index contributed by atoms with van der Waals surface area (Å²) in [5, 5.41) is 7.95. The summed E-state index contributed by atoms with van der Waals surface area (Å²) in [7, 11) is 2.13. The van der Waals surface area contributed by atoms with Crippen molar-refractivity contribution in [2.45, 2.75) is 25.1 Å². The van der Waals surface area contributed by atoms with Gasteiger partial charge in [-0.25, -0.2) is 8.91 Å². The van der Waals surface area contributed by atoms with Crippen LogP contribution >= 0.6 is 0 Å². The van der Waals surface area contributed by atoms with Gasteiger partial charge in [0.15, 0.2) is 5.65 Å². The van der Waals surface area contributed by atoms with Gasteiger partial charge in [0.1, 0.15) is 5.82 Å². The van der Waals surface area contributed by atoms with Crippen molar-refractivity contribution in [3.8, 4) is 11.1 Å². The van der Waals surface area contributed by atoms with Crippen LogP contribution in [0.1, 0.15) is 18.4 Å². The molecule has 0 radical (unpaired) electrons. The molecule has 5 rings (SSSR count). The van der Waals surface area contributed by atoms with Crippen molar-refractivity contribution >= 4 is 11.6 Å². The van der Waals surface area contributed by atoms with E-state index in [2.05, 4.69) is 27.3 Å². The van der Waals surface area contributed by atoms with E-state index in [0.29, 0.717) is 35.0 Å². The van der Waals surface area contributed by atoms with Crippen molar-refractivity contribution in [2.75, 3.05) is 25.5 Å². The zero-order valence-corrected chi connectivity index (χ0v) is 16.3. The van der Waals surface area contributed by atoms with Crippen molar-refractivity contribution in [3.63, 3.8) is 0 Å². The molecule has 1 aliphatic carbocycles. The summed E-state index contributed by atoms with van der Waals surface area (Å²) < 4.78 is 54.7. The minimum absolute atomic E-state index is 0.243. The first-order valence-corrected chi connectivity index (χ1v) is 9.97. The highest BCUT2D eigenvalue weighted by molar-refractivity contribution is 5.78. The molecular formula is C21H21F4N5. The van der Waals surface area contributed by atoms with Crippen molar-refractivity contribution in [1.29, 1.82) is 0 Å². The third-order valence-corrected chi connectivity index (χ3v) is 6.26. The number of alkyl halides is 3. The van der Waals surface area contributed by atoms with Gasteiger partial charge in [-0.3, -0.25) is 0 Å². The van der Waals surface area contributed by atoms with Gasteiger partial charge in [0.05, 0.1) is 5.56 Å². The maximum Gasteiger partial charge on any atom is 0.419 e. The summed E-state index contributed by atoms with van der Waals surface area (Å²) in [6.45, 7) is 2.06.